The Labute approximate surface area is 138 Å². The number of thiophene rings is 1. The molecule has 3 heterocycles. The number of H-pyrrole nitrogens is 1. The lowest BCUT2D eigenvalue weighted by atomic mass is 10.2. The van der Waals surface area contributed by atoms with Crippen molar-refractivity contribution in [3.05, 3.63) is 58.0 Å². The SMILES string of the molecule is O=c1[nH]c(CN2CCN(c3ccccc3)CC2)nc2ccsc12. The second-order valence-electron chi connectivity index (χ2n) is 5.75. The van der Waals surface area contributed by atoms with Crippen LogP contribution >= 0.6 is 11.3 Å². The normalized spacial score (nSPS) is 16.1. The number of aromatic nitrogens is 2. The molecule has 4 rings (SSSR count). The van der Waals surface area contributed by atoms with Crippen LogP contribution in [0.25, 0.3) is 10.2 Å². The monoisotopic (exact) mass is 326 g/mol. The van der Waals surface area contributed by atoms with Crippen LogP contribution in [-0.4, -0.2) is 41.0 Å². The second kappa shape index (κ2) is 6.14. The van der Waals surface area contributed by atoms with E-state index in [1.165, 1.54) is 17.0 Å². The van der Waals surface area contributed by atoms with Crippen molar-refractivity contribution in [2.24, 2.45) is 0 Å². The molecule has 1 aliphatic rings. The molecule has 2 aromatic heterocycles. The third kappa shape index (κ3) is 3.00. The van der Waals surface area contributed by atoms with Crippen LogP contribution < -0.4 is 10.5 Å². The number of rotatable bonds is 3. The van der Waals surface area contributed by atoms with E-state index in [0.29, 0.717) is 11.2 Å². The quantitative estimate of drug-likeness (QED) is 0.802. The van der Waals surface area contributed by atoms with Crippen molar-refractivity contribution in [1.82, 2.24) is 14.9 Å². The van der Waals surface area contributed by atoms with Crippen molar-refractivity contribution in [1.29, 1.82) is 0 Å². The third-order valence-corrected chi connectivity index (χ3v) is 5.13. The first-order valence-corrected chi connectivity index (χ1v) is 8.66. The average Bonchev–Trinajstić information content (AvgIpc) is 3.05. The Hall–Kier alpha value is -2.18. The lowest BCUT2D eigenvalue weighted by molar-refractivity contribution is 0.244. The highest BCUT2D eigenvalue weighted by Gasteiger charge is 2.18. The minimum Gasteiger partial charge on any atom is -0.369 e. The summed E-state index contributed by atoms with van der Waals surface area (Å²) in [5.41, 5.74) is 2.05. The van der Waals surface area contributed by atoms with E-state index >= 15 is 0 Å². The van der Waals surface area contributed by atoms with Crippen LogP contribution in [0.1, 0.15) is 5.82 Å². The van der Waals surface area contributed by atoms with Gasteiger partial charge in [-0.05, 0) is 23.6 Å². The zero-order valence-corrected chi connectivity index (χ0v) is 13.6. The topological polar surface area (TPSA) is 52.2 Å². The summed E-state index contributed by atoms with van der Waals surface area (Å²) in [6.45, 7) is 4.63. The largest absolute Gasteiger partial charge is 0.369 e. The van der Waals surface area contributed by atoms with Gasteiger partial charge in [0.2, 0.25) is 0 Å². The van der Waals surface area contributed by atoms with Crippen LogP contribution in [-0.2, 0) is 6.54 Å². The summed E-state index contributed by atoms with van der Waals surface area (Å²) >= 11 is 1.44. The maximum atomic E-state index is 12.0. The zero-order chi connectivity index (χ0) is 15.6. The Bertz CT molecular complexity index is 850. The number of hydrogen-bond donors (Lipinski definition) is 1. The number of piperazine rings is 1. The molecule has 0 amide bonds. The molecule has 118 valence electrons. The lowest BCUT2D eigenvalue weighted by Crippen LogP contribution is -2.46. The number of fused-ring (bicyclic) bond motifs is 1. The number of hydrogen-bond acceptors (Lipinski definition) is 5. The molecule has 0 radical (unpaired) electrons. The van der Waals surface area contributed by atoms with Crippen LogP contribution in [0.2, 0.25) is 0 Å². The molecule has 0 spiro atoms. The first-order valence-electron chi connectivity index (χ1n) is 7.78. The molecule has 3 aromatic rings. The number of nitrogens with one attached hydrogen (secondary N) is 1. The third-order valence-electron chi connectivity index (χ3n) is 4.23. The van der Waals surface area contributed by atoms with Crippen molar-refractivity contribution in [2.75, 3.05) is 31.1 Å². The van der Waals surface area contributed by atoms with Gasteiger partial charge in [-0.25, -0.2) is 4.98 Å². The van der Waals surface area contributed by atoms with Crippen LogP contribution in [0.3, 0.4) is 0 Å². The van der Waals surface area contributed by atoms with Gasteiger partial charge in [-0.15, -0.1) is 11.3 Å². The fraction of sp³-hybridized carbons (Fsp3) is 0.294. The van der Waals surface area contributed by atoms with Crippen LogP contribution in [0.5, 0.6) is 0 Å². The molecule has 5 nitrogen and oxygen atoms in total. The minimum atomic E-state index is -0.0251. The zero-order valence-electron chi connectivity index (χ0n) is 12.7. The number of anilines is 1. The molecule has 1 aromatic carbocycles. The van der Waals surface area contributed by atoms with E-state index in [9.17, 15) is 4.79 Å². The van der Waals surface area contributed by atoms with Crippen molar-refractivity contribution >= 4 is 27.2 Å². The minimum absolute atomic E-state index is 0.0251. The van der Waals surface area contributed by atoms with Gasteiger partial charge < -0.3 is 9.88 Å². The van der Waals surface area contributed by atoms with E-state index in [1.54, 1.807) is 0 Å². The van der Waals surface area contributed by atoms with Gasteiger partial charge in [0.25, 0.3) is 5.56 Å². The lowest BCUT2D eigenvalue weighted by Gasteiger charge is -2.35. The summed E-state index contributed by atoms with van der Waals surface area (Å²) in [6.07, 6.45) is 0. The Morgan fingerprint density at radius 2 is 1.87 bits per heavy atom. The first-order chi connectivity index (χ1) is 11.3. The van der Waals surface area contributed by atoms with Crippen molar-refractivity contribution < 1.29 is 0 Å². The van der Waals surface area contributed by atoms with Crippen LogP contribution in [0.15, 0.2) is 46.6 Å². The molecule has 1 saturated heterocycles. The van der Waals surface area contributed by atoms with Crippen molar-refractivity contribution in [2.45, 2.75) is 6.54 Å². The molecular weight excluding hydrogens is 308 g/mol. The summed E-state index contributed by atoms with van der Waals surface area (Å²) in [7, 11) is 0. The Kier molecular flexibility index (Phi) is 3.85. The van der Waals surface area contributed by atoms with E-state index in [0.717, 1.165) is 37.5 Å². The molecule has 0 aliphatic carbocycles. The maximum absolute atomic E-state index is 12.0. The first kappa shape index (κ1) is 14.4. The highest BCUT2D eigenvalue weighted by molar-refractivity contribution is 7.17. The number of para-hydroxylation sites is 1. The molecule has 6 heteroatoms. The Morgan fingerprint density at radius 1 is 1.09 bits per heavy atom. The molecule has 0 bridgehead atoms. The number of nitrogens with zero attached hydrogens (tertiary/aromatic N) is 3. The van der Waals surface area contributed by atoms with Gasteiger partial charge in [0.15, 0.2) is 0 Å². The summed E-state index contributed by atoms with van der Waals surface area (Å²) in [6, 6.07) is 12.4. The van der Waals surface area contributed by atoms with Gasteiger partial charge in [0.05, 0.1) is 12.1 Å². The fourth-order valence-electron chi connectivity index (χ4n) is 3.01. The molecule has 23 heavy (non-hydrogen) atoms. The smallest absolute Gasteiger partial charge is 0.268 e. The number of benzene rings is 1. The van der Waals surface area contributed by atoms with E-state index < -0.39 is 0 Å². The molecular formula is C17H18N4OS. The van der Waals surface area contributed by atoms with E-state index in [1.807, 2.05) is 17.5 Å². The highest BCUT2D eigenvalue weighted by Crippen LogP contribution is 2.17. The van der Waals surface area contributed by atoms with Gasteiger partial charge in [0.1, 0.15) is 10.5 Å². The molecule has 1 aliphatic heterocycles. The second-order valence-corrected chi connectivity index (χ2v) is 6.66. The number of aromatic amines is 1. The van der Waals surface area contributed by atoms with Crippen molar-refractivity contribution in [3.8, 4) is 0 Å². The van der Waals surface area contributed by atoms with Gasteiger partial charge in [-0.1, -0.05) is 18.2 Å². The standard InChI is InChI=1S/C17H18N4OS/c22-17-16-14(6-11-23-16)18-15(19-17)12-20-7-9-21(10-8-20)13-4-2-1-3-5-13/h1-6,11H,7-10,12H2,(H,18,19,22). The molecule has 0 atom stereocenters. The summed E-state index contributed by atoms with van der Waals surface area (Å²) in [5, 5.41) is 1.91. The Morgan fingerprint density at radius 3 is 2.65 bits per heavy atom. The predicted octanol–water partition coefficient (Wildman–Crippen LogP) is 2.31. The summed E-state index contributed by atoms with van der Waals surface area (Å²) in [5.74, 6) is 0.758. The van der Waals surface area contributed by atoms with Gasteiger partial charge >= 0.3 is 0 Å². The van der Waals surface area contributed by atoms with Crippen LogP contribution in [0.4, 0.5) is 5.69 Å². The summed E-state index contributed by atoms with van der Waals surface area (Å²) in [4.78, 5) is 24.3. The molecule has 1 fully saturated rings. The van der Waals surface area contributed by atoms with Crippen molar-refractivity contribution in [3.63, 3.8) is 0 Å². The predicted molar refractivity (Wildman–Crippen MR) is 94.2 cm³/mol. The summed E-state index contributed by atoms with van der Waals surface area (Å²) < 4.78 is 0.711. The van der Waals surface area contributed by atoms with Gasteiger partial charge in [-0.3, -0.25) is 9.69 Å². The van der Waals surface area contributed by atoms with E-state index in [4.69, 9.17) is 0 Å². The van der Waals surface area contributed by atoms with Crippen LogP contribution in [0, 0.1) is 0 Å². The highest BCUT2D eigenvalue weighted by atomic mass is 32.1. The molecule has 0 saturated carbocycles. The van der Waals surface area contributed by atoms with E-state index in [-0.39, 0.29) is 5.56 Å². The van der Waals surface area contributed by atoms with Gasteiger partial charge in [-0.2, -0.15) is 0 Å². The maximum Gasteiger partial charge on any atom is 0.268 e. The average molecular weight is 326 g/mol. The van der Waals surface area contributed by atoms with E-state index in [2.05, 4.69) is 44.0 Å². The van der Waals surface area contributed by atoms with Gasteiger partial charge in [0, 0.05) is 31.9 Å². The Balaban J connectivity index is 1.43. The molecule has 1 N–H and O–H groups in total. The fourth-order valence-corrected chi connectivity index (χ4v) is 3.74. The molecule has 0 unspecified atom stereocenters.